The number of hydrogen-bond donors (Lipinski definition) is 1. The Labute approximate surface area is 181 Å². The summed E-state index contributed by atoms with van der Waals surface area (Å²) in [5.41, 5.74) is 3.76. The molecule has 0 bridgehead atoms. The summed E-state index contributed by atoms with van der Waals surface area (Å²) < 4.78 is 1.97. The van der Waals surface area contributed by atoms with Gasteiger partial charge in [-0.2, -0.15) is 5.10 Å². The summed E-state index contributed by atoms with van der Waals surface area (Å²) in [6, 6.07) is 19.4. The van der Waals surface area contributed by atoms with Crippen LogP contribution in [-0.4, -0.2) is 30.8 Å². The van der Waals surface area contributed by atoms with Crippen molar-refractivity contribution < 1.29 is 9.90 Å². The van der Waals surface area contributed by atoms with Crippen molar-refractivity contribution in [3.63, 3.8) is 0 Å². The first-order valence-corrected chi connectivity index (χ1v) is 10.4. The molecular formula is C25H24N4O2. The summed E-state index contributed by atoms with van der Waals surface area (Å²) in [4.78, 5) is 20.4. The van der Waals surface area contributed by atoms with Crippen molar-refractivity contribution in [1.29, 1.82) is 0 Å². The Kier molecular flexibility index (Phi) is 6.17. The molecule has 1 N–H and O–H groups in total. The molecular weight excluding hydrogens is 388 g/mol. The summed E-state index contributed by atoms with van der Waals surface area (Å²) in [6.07, 6.45) is 6.12. The van der Waals surface area contributed by atoms with Crippen molar-refractivity contribution in [2.45, 2.75) is 32.7 Å². The maximum Gasteiger partial charge on any atom is 0.336 e. The van der Waals surface area contributed by atoms with Crippen LogP contribution in [0.2, 0.25) is 0 Å². The van der Waals surface area contributed by atoms with Gasteiger partial charge in [0, 0.05) is 29.9 Å². The number of rotatable bonds is 8. The average Bonchev–Trinajstić information content (AvgIpc) is 3.21. The van der Waals surface area contributed by atoms with Gasteiger partial charge in [0.2, 0.25) is 0 Å². The van der Waals surface area contributed by atoms with E-state index in [1.54, 1.807) is 6.20 Å². The Bertz CT molecular complexity index is 1170. The van der Waals surface area contributed by atoms with Gasteiger partial charge in [-0.1, -0.05) is 67.9 Å². The minimum absolute atomic E-state index is 0.244. The van der Waals surface area contributed by atoms with E-state index in [1.807, 2.05) is 59.3 Å². The molecule has 0 spiro atoms. The zero-order chi connectivity index (χ0) is 21.6. The first-order valence-electron chi connectivity index (χ1n) is 10.4. The van der Waals surface area contributed by atoms with Crippen molar-refractivity contribution in [2.75, 3.05) is 0 Å². The molecule has 0 fully saturated rings. The minimum atomic E-state index is -0.960. The van der Waals surface area contributed by atoms with Crippen LogP contribution in [0, 0.1) is 0 Å². The lowest BCUT2D eigenvalue weighted by molar-refractivity contribution is 0.0697. The molecule has 0 unspecified atom stereocenters. The highest BCUT2D eigenvalue weighted by atomic mass is 16.4. The van der Waals surface area contributed by atoms with Crippen molar-refractivity contribution in [3.05, 3.63) is 90.0 Å². The Morgan fingerprint density at radius 2 is 1.77 bits per heavy atom. The zero-order valence-electron chi connectivity index (χ0n) is 17.4. The predicted octanol–water partition coefficient (Wildman–Crippen LogP) is 5.10. The number of benzene rings is 2. The number of aryl methyl sites for hydroxylation is 1. The minimum Gasteiger partial charge on any atom is -0.478 e. The molecule has 0 amide bonds. The number of hydrogen-bond acceptors (Lipinski definition) is 4. The van der Waals surface area contributed by atoms with E-state index in [2.05, 4.69) is 11.9 Å². The summed E-state index contributed by atoms with van der Waals surface area (Å²) in [5, 5.41) is 14.2. The summed E-state index contributed by atoms with van der Waals surface area (Å²) in [6.45, 7) is 2.78. The molecule has 2 aromatic carbocycles. The van der Waals surface area contributed by atoms with E-state index in [-0.39, 0.29) is 5.56 Å². The number of carboxylic acid groups (broad SMARTS) is 1. The van der Waals surface area contributed by atoms with Gasteiger partial charge in [-0.3, -0.25) is 4.98 Å². The lowest BCUT2D eigenvalue weighted by atomic mass is 10.0. The van der Waals surface area contributed by atoms with Crippen molar-refractivity contribution in [2.24, 2.45) is 0 Å². The van der Waals surface area contributed by atoms with Crippen molar-refractivity contribution >= 4 is 5.97 Å². The molecule has 6 heteroatoms. The molecule has 0 aliphatic carbocycles. The van der Waals surface area contributed by atoms with Gasteiger partial charge < -0.3 is 5.11 Å². The van der Waals surface area contributed by atoms with Crippen LogP contribution in [0.3, 0.4) is 0 Å². The molecule has 2 heterocycles. The smallest absolute Gasteiger partial charge is 0.336 e. The van der Waals surface area contributed by atoms with Gasteiger partial charge in [0.15, 0.2) is 5.82 Å². The number of aromatic nitrogens is 4. The second kappa shape index (κ2) is 9.34. The first kappa shape index (κ1) is 20.5. The van der Waals surface area contributed by atoms with Crippen LogP contribution < -0.4 is 0 Å². The Morgan fingerprint density at radius 1 is 1.00 bits per heavy atom. The number of aromatic carboxylic acids is 1. The lowest BCUT2D eigenvalue weighted by Crippen LogP contribution is -2.07. The van der Waals surface area contributed by atoms with Gasteiger partial charge in [0.1, 0.15) is 5.82 Å². The number of pyridine rings is 1. The highest BCUT2D eigenvalue weighted by Gasteiger charge is 2.13. The van der Waals surface area contributed by atoms with Gasteiger partial charge >= 0.3 is 5.97 Å². The van der Waals surface area contributed by atoms with E-state index < -0.39 is 5.97 Å². The van der Waals surface area contributed by atoms with E-state index in [0.717, 1.165) is 47.6 Å². The molecule has 2 aromatic heterocycles. The zero-order valence-corrected chi connectivity index (χ0v) is 17.4. The molecule has 156 valence electrons. The highest BCUT2D eigenvalue weighted by Crippen LogP contribution is 2.24. The number of unbranched alkanes of at least 4 members (excludes halogenated alkanes) is 1. The van der Waals surface area contributed by atoms with E-state index in [0.29, 0.717) is 12.1 Å². The van der Waals surface area contributed by atoms with Crippen LogP contribution >= 0.6 is 0 Å². The molecule has 0 atom stereocenters. The first-order chi connectivity index (χ1) is 15.2. The van der Waals surface area contributed by atoms with Gasteiger partial charge in [0.05, 0.1) is 12.1 Å². The highest BCUT2D eigenvalue weighted by molar-refractivity contribution is 5.95. The van der Waals surface area contributed by atoms with E-state index >= 15 is 0 Å². The van der Waals surface area contributed by atoms with Gasteiger partial charge in [-0.05, 0) is 23.6 Å². The molecule has 31 heavy (non-hydrogen) atoms. The third-order valence-electron chi connectivity index (χ3n) is 5.18. The average molecular weight is 412 g/mol. The molecule has 4 aromatic rings. The van der Waals surface area contributed by atoms with Crippen LogP contribution in [0.1, 0.15) is 41.5 Å². The molecule has 0 radical (unpaired) electrons. The summed E-state index contributed by atoms with van der Waals surface area (Å²) in [5.74, 6) is 0.757. The summed E-state index contributed by atoms with van der Waals surface area (Å²) >= 11 is 0. The maximum absolute atomic E-state index is 11.5. The van der Waals surface area contributed by atoms with E-state index in [1.165, 1.54) is 12.3 Å². The fraction of sp³-hybridized carbons (Fsp3) is 0.200. The SMILES string of the molecule is CCCCc1nc(-c2ccccc2)nn1Cc1ccc(-c2cnccc2C(=O)O)cc1. The van der Waals surface area contributed by atoms with Crippen LogP contribution in [0.4, 0.5) is 0 Å². The van der Waals surface area contributed by atoms with Crippen LogP contribution in [0.5, 0.6) is 0 Å². The monoisotopic (exact) mass is 412 g/mol. The second-order valence-electron chi connectivity index (χ2n) is 7.40. The number of carboxylic acids is 1. The van der Waals surface area contributed by atoms with E-state index in [4.69, 9.17) is 10.1 Å². The van der Waals surface area contributed by atoms with Crippen molar-refractivity contribution in [1.82, 2.24) is 19.7 Å². The normalized spacial score (nSPS) is 10.9. The molecule has 4 rings (SSSR count). The largest absolute Gasteiger partial charge is 0.478 e. The third-order valence-corrected chi connectivity index (χ3v) is 5.18. The van der Waals surface area contributed by atoms with Gasteiger partial charge in [0.25, 0.3) is 0 Å². The molecule has 6 nitrogen and oxygen atoms in total. The third kappa shape index (κ3) is 4.69. The molecule has 0 saturated heterocycles. The Balaban J connectivity index is 1.60. The number of nitrogens with zero attached hydrogens (tertiary/aromatic N) is 4. The number of carbonyl (C=O) groups is 1. The standard InChI is InChI=1S/C25H24N4O2/c1-2-3-9-23-27-24(20-7-5-4-6-8-20)28-29(23)17-18-10-12-19(13-11-18)22-16-26-15-14-21(22)25(30)31/h4-8,10-16H,2-3,9,17H2,1H3,(H,30,31). The topological polar surface area (TPSA) is 80.9 Å². The van der Waals surface area contributed by atoms with Crippen molar-refractivity contribution in [3.8, 4) is 22.5 Å². The Hall–Kier alpha value is -3.80. The quantitative estimate of drug-likeness (QED) is 0.436. The van der Waals surface area contributed by atoms with Gasteiger partial charge in [-0.25, -0.2) is 14.5 Å². The summed E-state index contributed by atoms with van der Waals surface area (Å²) in [7, 11) is 0. The van der Waals surface area contributed by atoms with Gasteiger partial charge in [-0.15, -0.1) is 0 Å². The maximum atomic E-state index is 11.5. The lowest BCUT2D eigenvalue weighted by Gasteiger charge is -2.08. The Morgan fingerprint density at radius 3 is 2.48 bits per heavy atom. The fourth-order valence-electron chi connectivity index (χ4n) is 3.50. The van der Waals surface area contributed by atoms with Crippen LogP contribution in [0.25, 0.3) is 22.5 Å². The fourth-order valence-corrected chi connectivity index (χ4v) is 3.50. The predicted molar refractivity (Wildman–Crippen MR) is 120 cm³/mol. The molecule has 0 aliphatic rings. The van der Waals surface area contributed by atoms with Crippen LogP contribution in [-0.2, 0) is 13.0 Å². The second-order valence-corrected chi connectivity index (χ2v) is 7.40. The molecule has 0 aliphatic heterocycles. The van der Waals surface area contributed by atoms with Crippen LogP contribution in [0.15, 0.2) is 73.1 Å². The van der Waals surface area contributed by atoms with E-state index in [9.17, 15) is 9.90 Å². The molecule has 0 saturated carbocycles.